The lowest BCUT2D eigenvalue weighted by Crippen LogP contribution is -2.10. The van der Waals surface area contributed by atoms with Crippen molar-refractivity contribution in [1.82, 2.24) is 9.55 Å². The number of primary amides is 1. The van der Waals surface area contributed by atoms with Gasteiger partial charge in [-0.25, -0.2) is 4.98 Å². The number of hydrogen-bond donors (Lipinski definition) is 1. The number of unbranched alkanes of at least 4 members (excludes halogenated alkanes) is 1. The first-order chi connectivity index (χ1) is 9.65. The van der Waals surface area contributed by atoms with Crippen molar-refractivity contribution < 1.29 is 9.53 Å². The summed E-state index contributed by atoms with van der Waals surface area (Å²) in [6.07, 6.45) is 2.03. The summed E-state index contributed by atoms with van der Waals surface area (Å²) >= 11 is 5.95. The van der Waals surface area contributed by atoms with Crippen LogP contribution in [0.4, 0.5) is 0 Å². The summed E-state index contributed by atoms with van der Waals surface area (Å²) in [7, 11) is 1.64. The van der Waals surface area contributed by atoms with Crippen LogP contribution in [0.15, 0.2) is 18.2 Å². The van der Waals surface area contributed by atoms with Crippen LogP contribution in [0.1, 0.15) is 25.1 Å². The Hall–Kier alpha value is -1.75. The van der Waals surface area contributed by atoms with E-state index in [-0.39, 0.29) is 5.91 Å². The normalized spacial score (nSPS) is 10.9. The van der Waals surface area contributed by atoms with Crippen molar-refractivity contribution in [2.45, 2.75) is 31.7 Å². The number of amides is 1. The molecular formula is C14H18ClN3O2. The molecule has 6 heteroatoms. The van der Waals surface area contributed by atoms with E-state index in [2.05, 4.69) is 9.55 Å². The Morgan fingerprint density at radius 2 is 2.25 bits per heavy atom. The molecule has 0 saturated carbocycles. The van der Waals surface area contributed by atoms with Gasteiger partial charge in [-0.15, -0.1) is 11.6 Å². The molecule has 5 nitrogen and oxygen atoms in total. The largest absolute Gasteiger partial charge is 0.497 e. The van der Waals surface area contributed by atoms with Crippen LogP contribution in [-0.4, -0.2) is 22.6 Å². The molecule has 0 aliphatic heterocycles. The summed E-state index contributed by atoms with van der Waals surface area (Å²) in [5.41, 5.74) is 7.04. The van der Waals surface area contributed by atoms with Gasteiger partial charge in [-0.2, -0.15) is 0 Å². The molecule has 1 amide bonds. The second-order valence-electron chi connectivity index (χ2n) is 4.59. The Bertz CT molecular complexity index is 610. The number of aromatic nitrogens is 2. The van der Waals surface area contributed by atoms with Crippen LogP contribution < -0.4 is 10.5 Å². The molecule has 1 aromatic heterocycles. The second-order valence-corrected chi connectivity index (χ2v) is 4.86. The standard InChI is InChI=1S/C14H18ClN3O2/c1-20-10-5-6-11-12(8-10)18(14(9-15)17-11)7-3-2-4-13(16)19/h5-6,8H,2-4,7,9H2,1H3,(H2,16,19). The van der Waals surface area contributed by atoms with E-state index in [0.29, 0.717) is 12.3 Å². The minimum Gasteiger partial charge on any atom is -0.497 e. The molecule has 2 rings (SSSR count). The number of alkyl halides is 1. The first-order valence-corrected chi connectivity index (χ1v) is 7.06. The van der Waals surface area contributed by atoms with Crippen molar-refractivity contribution in [3.8, 4) is 5.75 Å². The molecule has 1 heterocycles. The Morgan fingerprint density at radius 3 is 2.90 bits per heavy atom. The van der Waals surface area contributed by atoms with Crippen LogP contribution in [-0.2, 0) is 17.2 Å². The van der Waals surface area contributed by atoms with E-state index in [9.17, 15) is 4.79 Å². The van der Waals surface area contributed by atoms with Crippen molar-refractivity contribution in [3.63, 3.8) is 0 Å². The number of methoxy groups -OCH3 is 1. The minimum atomic E-state index is -0.264. The molecule has 0 bridgehead atoms. The number of benzene rings is 1. The summed E-state index contributed by atoms with van der Waals surface area (Å²) in [6, 6.07) is 5.75. The van der Waals surface area contributed by atoms with Gasteiger partial charge >= 0.3 is 0 Å². The van der Waals surface area contributed by atoms with E-state index in [1.54, 1.807) is 7.11 Å². The monoisotopic (exact) mass is 295 g/mol. The maximum Gasteiger partial charge on any atom is 0.217 e. The van der Waals surface area contributed by atoms with Crippen LogP contribution in [0.2, 0.25) is 0 Å². The summed E-state index contributed by atoms with van der Waals surface area (Å²) in [4.78, 5) is 15.2. The van der Waals surface area contributed by atoms with Crippen LogP contribution in [0, 0.1) is 0 Å². The molecule has 0 unspecified atom stereocenters. The predicted octanol–water partition coefficient (Wildman–Crippen LogP) is 2.44. The van der Waals surface area contributed by atoms with Gasteiger partial charge in [0.15, 0.2) is 0 Å². The molecule has 0 radical (unpaired) electrons. The second kappa shape index (κ2) is 6.61. The number of carbonyl (C=O) groups excluding carboxylic acids is 1. The summed E-state index contributed by atoms with van der Waals surface area (Å²) in [6.45, 7) is 0.763. The number of rotatable bonds is 7. The van der Waals surface area contributed by atoms with E-state index in [4.69, 9.17) is 22.1 Å². The smallest absolute Gasteiger partial charge is 0.217 e. The van der Waals surface area contributed by atoms with Crippen LogP contribution in [0.3, 0.4) is 0 Å². The lowest BCUT2D eigenvalue weighted by molar-refractivity contribution is -0.118. The maximum atomic E-state index is 10.7. The highest BCUT2D eigenvalue weighted by molar-refractivity contribution is 6.16. The van der Waals surface area contributed by atoms with E-state index >= 15 is 0 Å². The highest BCUT2D eigenvalue weighted by Gasteiger charge is 2.10. The van der Waals surface area contributed by atoms with Gasteiger partial charge in [-0.1, -0.05) is 0 Å². The van der Waals surface area contributed by atoms with Crippen LogP contribution in [0.5, 0.6) is 5.75 Å². The van der Waals surface area contributed by atoms with Crippen molar-refractivity contribution in [1.29, 1.82) is 0 Å². The minimum absolute atomic E-state index is 0.264. The molecule has 0 fully saturated rings. The third-order valence-corrected chi connectivity index (χ3v) is 3.45. The molecule has 20 heavy (non-hydrogen) atoms. The van der Waals surface area contributed by atoms with Crippen LogP contribution in [0.25, 0.3) is 11.0 Å². The lowest BCUT2D eigenvalue weighted by atomic mass is 10.2. The summed E-state index contributed by atoms with van der Waals surface area (Å²) in [5.74, 6) is 1.71. The lowest BCUT2D eigenvalue weighted by Gasteiger charge is -2.08. The first-order valence-electron chi connectivity index (χ1n) is 6.53. The number of halogens is 1. The van der Waals surface area contributed by atoms with Gasteiger partial charge in [0.1, 0.15) is 11.6 Å². The zero-order valence-electron chi connectivity index (χ0n) is 11.4. The predicted molar refractivity (Wildman–Crippen MR) is 78.9 cm³/mol. The Morgan fingerprint density at radius 1 is 1.45 bits per heavy atom. The number of fused-ring (bicyclic) bond motifs is 1. The van der Waals surface area contributed by atoms with Gasteiger partial charge in [0.2, 0.25) is 5.91 Å². The first kappa shape index (κ1) is 14.7. The number of imidazole rings is 1. The fraction of sp³-hybridized carbons (Fsp3) is 0.429. The van der Waals surface area contributed by atoms with E-state index < -0.39 is 0 Å². The highest BCUT2D eigenvalue weighted by atomic mass is 35.5. The van der Waals surface area contributed by atoms with Gasteiger partial charge in [0.25, 0.3) is 0 Å². The molecule has 108 valence electrons. The third-order valence-electron chi connectivity index (χ3n) is 3.21. The molecule has 2 N–H and O–H groups in total. The van der Waals surface area contributed by atoms with E-state index in [0.717, 1.165) is 42.0 Å². The van der Waals surface area contributed by atoms with Crippen molar-refractivity contribution >= 4 is 28.5 Å². The van der Waals surface area contributed by atoms with Crippen molar-refractivity contribution in [2.75, 3.05) is 7.11 Å². The molecule has 0 aliphatic carbocycles. The SMILES string of the molecule is COc1ccc2nc(CCl)n(CCCCC(N)=O)c2c1. The zero-order valence-corrected chi connectivity index (χ0v) is 12.2. The molecule has 0 spiro atoms. The van der Waals surface area contributed by atoms with Crippen molar-refractivity contribution in [2.24, 2.45) is 5.73 Å². The molecule has 0 aliphatic rings. The van der Waals surface area contributed by atoms with E-state index in [1.807, 2.05) is 18.2 Å². The number of ether oxygens (including phenoxy) is 1. The number of aryl methyl sites for hydroxylation is 1. The average molecular weight is 296 g/mol. The third kappa shape index (κ3) is 3.22. The fourth-order valence-corrected chi connectivity index (χ4v) is 2.40. The van der Waals surface area contributed by atoms with Gasteiger partial charge in [-0.05, 0) is 25.0 Å². The molecule has 2 aromatic rings. The van der Waals surface area contributed by atoms with Gasteiger partial charge in [0.05, 0.1) is 24.0 Å². The summed E-state index contributed by atoms with van der Waals surface area (Å²) in [5, 5.41) is 0. The fourth-order valence-electron chi connectivity index (χ4n) is 2.20. The quantitative estimate of drug-likeness (QED) is 0.630. The number of hydrogen-bond acceptors (Lipinski definition) is 3. The average Bonchev–Trinajstić information content (AvgIpc) is 2.80. The van der Waals surface area contributed by atoms with Crippen LogP contribution >= 0.6 is 11.6 Å². The molecule has 0 saturated heterocycles. The summed E-state index contributed by atoms with van der Waals surface area (Å²) < 4.78 is 7.32. The number of nitrogens with zero attached hydrogens (tertiary/aromatic N) is 2. The molecule has 1 aromatic carbocycles. The number of nitrogens with two attached hydrogens (primary N) is 1. The Labute approximate surface area is 122 Å². The van der Waals surface area contributed by atoms with Gasteiger partial charge in [-0.3, -0.25) is 4.79 Å². The highest BCUT2D eigenvalue weighted by Crippen LogP contribution is 2.23. The van der Waals surface area contributed by atoms with Gasteiger partial charge in [0, 0.05) is 19.0 Å². The topological polar surface area (TPSA) is 70.1 Å². The van der Waals surface area contributed by atoms with Gasteiger partial charge < -0.3 is 15.0 Å². The molecule has 0 atom stereocenters. The Kier molecular flexibility index (Phi) is 4.84. The number of carbonyl (C=O) groups is 1. The zero-order chi connectivity index (χ0) is 14.5. The maximum absolute atomic E-state index is 10.7. The van der Waals surface area contributed by atoms with Crippen molar-refractivity contribution in [3.05, 3.63) is 24.0 Å². The Balaban J connectivity index is 2.22. The van der Waals surface area contributed by atoms with E-state index in [1.165, 1.54) is 0 Å². The molecular weight excluding hydrogens is 278 g/mol.